The molecule has 0 unspecified atom stereocenters. The Hall–Kier alpha value is -4.44. The lowest BCUT2D eigenvalue weighted by atomic mass is 9.85. The van der Waals surface area contributed by atoms with E-state index in [0.717, 1.165) is 12.2 Å². The average Bonchev–Trinajstić information content (AvgIpc) is 3.88. The fourth-order valence-electron chi connectivity index (χ4n) is 7.70. The van der Waals surface area contributed by atoms with Gasteiger partial charge in [0, 0.05) is 18.1 Å². The zero-order valence-corrected chi connectivity index (χ0v) is 30.3. The van der Waals surface area contributed by atoms with E-state index in [4.69, 9.17) is 37.9 Å². The van der Waals surface area contributed by atoms with E-state index < -0.39 is 122 Å². The number of carbonyl (C=O) groups is 2. The van der Waals surface area contributed by atoms with Crippen LogP contribution in [0.25, 0.3) is 12.2 Å². The molecule has 2 aromatic rings. The van der Waals surface area contributed by atoms with Crippen LogP contribution in [0.2, 0.25) is 0 Å². The van der Waals surface area contributed by atoms with E-state index in [0.29, 0.717) is 11.1 Å². The molecule has 2 aromatic carbocycles. The maximum Gasteiger partial charge on any atom is 0.331 e. The first-order valence-electron chi connectivity index (χ1n) is 18.2. The Labute approximate surface area is 325 Å². The van der Waals surface area contributed by atoms with E-state index in [9.17, 15) is 50.4 Å². The largest absolute Gasteiger partial charge is 0.508 e. The number of phenols is 2. The number of aliphatic hydroxyl groups excluding tert-OH is 6. The minimum Gasteiger partial charge on any atom is -0.508 e. The fraction of sp³-hybridized carbons (Fsp3) is 0.487. The van der Waals surface area contributed by atoms with Gasteiger partial charge < -0.3 is 78.7 Å². The van der Waals surface area contributed by atoms with Gasteiger partial charge in [0.1, 0.15) is 53.7 Å². The molecule has 4 heterocycles. The third-order valence-electron chi connectivity index (χ3n) is 10.8. The number of epoxide rings is 1. The minimum absolute atomic E-state index is 0.0231. The normalized spacial score (nSPS) is 39.7. The van der Waals surface area contributed by atoms with Crippen molar-refractivity contribution < 1.29 is 88.3 Å². The summed E-state index contributed by atoms with van der Waals surface area (Å²) >= 11 is 0. The number of hydrogen-bond donors (Lipinski definition) is 8. The number of rotatable bonds is 12. The molecule has 0 spiro atoms. The van der Waals surface area contributed by atoms with Gasteiger partial charge in [0.2, 0.25) is 6.29 Å². The van der Waals surface area contributed by atoms with Crippen molar-refractivity contribution in [3.05, 3.63) is 84.1 Å². The summed E-state index contributed by atoms with van der Waals surface area (Å²) in [6.45, 7) is 0.293. The molecule has 57 heavy (non-hydrogen) atoms. The molecule has 308 valence electrons. The SMILES string of the molecule is C[C@@H]1O[C@@H](O[C@H]2[C@@H]3C=CO[C@@H](O[C@@H]4O[C@H](CO)[C@@H](O)[C@H](O)[C@H]4O)[C@@H]3[C@@]3(CO)O[C@@H]23)[C@H](OC(=O)/C=C/c2ccc(O)cc2)[C@H](O)[C@H]1OC(=O)/C=C/c1ccc(O)cc1. The molecule has 0 bridgehead atoms. The maximum atomic E-state index is 13.2. The Morgan fingerprint density at radius 2 is 1.32 bits per heavy atom. The van der Waals surface area contributed by atoms with Gasteiger partial charge in [-0.1, -0.05) is 24.3 Å². The van der Waals surface area contributed by atoms with Gasteiger partial charge >= 0.3 is 11.9 Å². The summed E-state index contributed by atoms with van der Waals surface area (Å²) < 4.78 is 47.1. The highest BCUT2D eigenvalue weighted by Gasteiger charge is 2.77. The minimum atomic E-state index is -1.74. The van der Waals surface area contributed by atoms with E-state index in [-0.39, 0.29) is 11.5 Å². The lowest BCUT2D eigenvalue weighted by Gasteiger charge is -2.44. The number of esters is 2. The molecule has 1 aliphatic carbocycles. The molecule has 4 aliphatic heterocycles. The van der Waals surface area contributed by atoms with Gasteiger partial charge in [0.15, 0.2) is 24.8 Å². The van der Waals surface area contributed by atoms with Crippen molar-refractivity contribution in [2.24, 2.45) is 11.8 Å². The number of fused-ring (bicyclic) bond motifs is 3. The van der Waals surface area contributed by atoms with Crippen LogP contribution in [0.4, 0.5) is 0 Å². The molecule has 7 rings (SSSR count). The number of ether oxygens (including phenoxy) is 8. The standard InChI is InChI=1S/C39H44O18/c1-18-32(53-25(44)12-6-19-2-8-21(42)9-3-19)31(49)34(54-26(45)13-7-20-4-10-22(43)11-5-20)38(51-18)55-33-23-14-15-50-36(27(23)39(17-41)35(33)57-39)56-37-30(48)29(47)28(46)24(16-40)52-37/h2-15,18,23-24,27-38,40-43,46-49H,16-17H2,1H3/b12-6+,13-7+/t18-,23+,24+,27+,28+,29-,30+,31+,32-,33-,34+,35-,36-,37-,38-,39+/m0/s1. The molecule has 3 saturated heterocycles. The van der Waals surface area contributed by atoms with Gasteiger partial charge in [-0.15, -0.1) is 0 Å². The summed E-state index contributed by atoms with van der Waals surface area (Å²) in [7, 11) is 0. The molecule has 0 amide bonds. The third-order valence-corrected chi connectivity index (χ3v) is 10.8. The number of benzene rings is 2. The van der Waals surface area contributed by atoms with Gasteiger partial charge in [0.25, 0.3) is 0 Å². The maximum absolute atomic E-state index is 13.2. The lowest BCUT2D eigenvalue weighted by Crippen LogP contribution is -2.61. The zero-order valence-electron chi connectivity index (χ0n) is 30.3. The molecule has 0 radical (unpaired) electrons. The Morgan fingerprint density at radius 3 is 1.89 bits per heavy atom. The van der Waals surface area contributed by atoms with Gasteiger partial charge in [-0.25, -0.2) is 9.59 Å². The van der Waals surface area contributed by atoms with Crippen LogP contribution in [-0.4, -0.2) is 152 Å². The molecule has 5 aliphatic rings. The van der Waals surface area contributed by atoms with Crippen molar-refractivity contribution in [3.8, 4) is 11.5 Å². The van der Waals surface area contributed by atoms with Crippen LogP contribution < -0.4 is 0 Å². The van der Waals surface area contributed by atoms with E-state index >= 15 is 0 Å². The first kappa shape index (κ1) is 40.7. The molecule has 16 atom stereocenters. The second kappa shape index (κ2) is 16.8. The van der Waals surface area contributed by atoms with Crippen molar-refractivity contribution in [2.45, 2.75) is 92.4 Å². The summed E-state index contributed by atoms with van der Waals surface area (Å²) in [5.74, 6) is -3.19. The summed E-state index contributed by atoms with van der Waals surface area (Å²) in [4.78, 5) is 26.1. The third kappa shape index (κ3) is 8.30. The topological polar surface area (TPSA) is 273 Å². The average molecular weight is 801 g/mol. The molecule has 18 nitrogen and oxygen atoms in total. The first-order valence-corrected chi connectivity index (χ1v) is 18.2. The van der Waals surface area contributed by atoms with Gasteiger partial charge in [-0.3, -0.25) is 0 Å². The summed E-state index contributed by atoms with van der Waals surface area (Å²) in [6.07, 6.45) is -10.1. The predicted octanol–water partition coefficient (Wildman–Crippen LogP) is -0.799. The smallest absolute Gasteiger partial charge is 0.331 e. The number of phenolic OH excluding ortho intramolecular Hbond substituents is 2. The van der Waals surface area contributed by atoms with Crippen LogP contribution in [0.15, 0.2) is 73.0 Å². The van der Waals surface area contributed by atoms with Crippen molar-refractivity contribution in [1.29, 1.82) is 0 Å². The molecule has 1 saturated carbocycles. The molecule has 8 N–H and O–H groups in total. The lowest BCUT2D eigenvalue weighted by molar-refractivity contribution is -0.347. The van der Waals surface area contributed by atoms with Gasteiger partial charge in [-0.05, 0) is 60.5 Å². The van der Waals surface area contributed by atoms with E-state index in [1.54, 1.807) is 30.3 Å². The van der Waals surface area contributed by atoms with Crippen LogP contribution in [0.3, 0.4) is 0 Å². The molecular weight excluding hydrogens is 756 g/mol. The molecule has 0 aromatic heterocycles. The number of hydrogen-bond acceptors (Lipinski definition) is 18. The van der Waals surface area contributed by atoms with Crippen molar-refractivity contribution in [3.63, 3.8) is 0 Å². The Morgan fingerprint density at radius 1 is 0.719 bits per heavy atom. The van der Waals surface area contributed by atoms with E-state index in [2.05, 4.69) is 0 Å². The highest BCUT2D eigenvalue weighted by Crippen LogP contribution is 2.61. The summed E-state index contributed by atoms with van der Waals surface area (Å²) in [5, 5.41) is 82.2. The van der Waals surface area contributed by atoms with Crippen LogP contribution >= 0.6 is 0 Å². The highest BCUT2D eigenvalue weighted by atomic mass is 16.8. The van der Waals surface area contributed by atoms with Crippen LogP contribution in [0, 0.1) is 11.8 Å². The fourth-order valence-corrected chi connectivity index (χ4v) is 7.70. The van der Waals surface area contributed by atoms with Crippen LogP contribution in [0.1, 0.15) is 18.1 Å². The van der Waals surface area contributed by atoms with Crippen molar-refractivity contribution in [1.82, 2.24) is 0 Å². The number of aliphatic hydroxyl groups is 6. The van der Waals surface area contributed by atoms with Gasteiger partial charge in [-0.2, -0.15) is 0 Å². The Kier molecular flexibility index (Phi) is 12.0. The molecular formula is C39H44O18. The quantitative estimate of drug-likeness (QED) is 0.0742. The number of aromatic hydroxyl groups is 2. The first-order chi connectivity index (χ1) is 27.3. The van der Waals surface area contributed by atoms with Crippen molar-refractivity contribution in [2.75, 3.05) is 13.2 Å². The number of carbonyl (C=O) groups excluding carboxylic acids is 2. The zero-order chi connectivity index (χ0) is 40.6. The predicted molar refractivity (Wildman–Crippen MR) is 190 cm³/mol. The van der Waals surface area contributed by atoms with Crippen LogP contribution in [0.5, 0.6) is 11.5 Å². The summed E-state index contributed by atoms with van der Waals surface area (Å²) in [6, 6.07) is 12.0. The molecule has 18 heteroatoms. The molecule has 4 fully saturated rings. The van der Waals surface area contributed by atoms with E-state index in [1.165, 1.54) is 49.6 Å². The Balaban J connectivity index is 1.10. The summed E-state index contributed by atoms with van der Waals surface area (Å²) in [5.41, 5.74) is -0.175. The van der Waals surface area contributed by atoms with Gasteiger partial charge in [0.05, 0.1) is 37.6 Å². The van der Waals surface area contributed by atoms with Crippen molar-refractivity contribution >= 4 is 24.1 Å². The Bertz CT molecular complexity index is 1810. The highest BCUT2D eigenvalue weighted by molar-refractivity contribution is 5.88. The van der Waals surface area contributed by atoms with Crippen LogP contribution in [-0.2, 0) is 47.5 Å². The second-order valence-electron chi connectivity index (χ2n) is 14.4. The van der Waals surface area contributed by atoms with E-state index in [1.807, 2.05) is 0 Å². The second-order valence-corrected chi connectivity index (χ2v) is 14.4. The monoisotopic (exact) mass is 800 g/mol.